The van der Waals surface area contributed by atoms with Gasteiger partial charge in [-0.05, 0) is 44.3 Å². The summed E-state index contributed by atoms with van der Waals surface area (Å²) < 4.78 is 5.67. The van der Waals surface area contributed by atoms with Gasteiger partial charge in [0.05, 0.1) is 0 Å². The fourth-order valence-corrected chi connectivity index (χ4v) is 2.24. The van der Waals surface area contributed by atoms with Crippen molar-refractivity contribution in [2.45, 2.75) is 12.8 Å². The summed E-state index contributed by atoms with van der Waals surface area (Å²) in [4.78, 5) is 14.2. The van der Waals surface area contributed by atoms with Crippen molar-refractivity contribution < 1.29 is 9.53 Å². The lowest BCUT2D eigenvalue weighted by Crippen LogP contribution is -2.19. The number of likely N-dealkylation sites (N-methyl/N-ethyl adjacent to an activating group) is 1. The molecule has 0 saturated carbocycles. The van der Waals surface area contributed by atoms with E-state index in [0.717, 1.165) is 29.2 Å². The van der Waals surface area contributed by atoms with Crippen molar-refractivity contribution in [3.05, 3.63) is 54.1 Å². The number of carbonyl (C=O) groups is 1. The highest BCUT2D eigenvalue weighted by atomic mass is 16.5. The van der Waals surface area contributed by atoms with Gasteiger partial charge in [-0.3, -0.25) is 4.79 Å². The first kappa shape index (κ1) is 17.8. The summed E-state index contributed by atoms with van der Waals surface area (Å²) in [6.45, 7) is 1.45. The van der Waals surface area contributed by atoms with Crippen LogP contribution in [0.25, 0.3) is 0 Å². The molecule has 2 rings (SSSR count). The minimum Gasteiger partial charge on any atom is -0.492 e. The van der Waals surface area contributed by atoms with Gasteiger partial charge in [0.15, 0.2) is 0 Å². The molecular weight excluding hydrogens is 302 g/mol. The molecule has 0 aliphatic rings. The van der Waals surface area contributed by atoms with E-state index in [1.54, 1.807) is 0 Å². The smallest absolute Gasteiger partial charge is 0.224 e. The Balaban J connectivity index is 1.84. The van der Waals surface area contributed by atoms with Crippen LogP contribution < -0.4 is 15.8 Å². The minimum absolute atomic E-state index is 0.0382. The number of amides is 1. The van der Waals surface area contributed by atoms with Crippen molar-refractivity contribution in [2.24, 2.45) is 0 Å². The summed E-state index contributed by atoms with van der Waals surface area (Å²) >= 11 is 0. The van der Waals surface area contributed by atoms with E-state index < -0.39 is 0 Å². The zero-order chi connectivity index (χ0) is 17.4. The molecule has 0 heterocycles. The number of anilines is 2. The molecule has 0 spiro atoms. The molecule has 0 atom stereocenters. The number of nitrogen functional groups attached to an aromatic ring is 1. The number of carbonyl (C=O) groups excluding carboxylic acids is 1. The van der Waals surface area contributed by atoms with Crippen LogP contribution in [0.15, 0.2) is 48.5 Å². The Labute approximate surface area is 143 Å². The number of nitrogens with one attached hydrogen (secondary N) is 1. The van der Waals surface area contributed by atoms with Crippen LogP contribution in [-0.4, -0.2) is 38.1 Å². The predicted octanol–water partition coefficient (Wildman–Crippen LogP) is 2.78. The standard InChI is InChI=1S/C19H25N3O2/c1-22(2)12-13-24-17-8-5-7-16(14-17)21-19(23)11-10-15-6-3-4-9-18(15)20/h3-9,14H,10-13,20H2,1-2H3,(H,21,23). The molecule has 3 N–H and O–H groups in total. The lowest BCUT2D eigenvalue weighted by atomic mass is 10.1. The molecule has 5 heteroatoms. The maximum Gasteiger partial charge on any atom is 0.224 e. The third-order valence-electron chi connectivity index (χ3n) is 3.60. The zero-order valence-electron chi connectivity index (χ0n) is 14.3. The maximum atomic E-state index is 12.1. The largest absolute Gasteiger partial charge is 0.492 e. The number of hydrogen-bond acceptors (Lipinski definition) is 4. The molecule has 0 saturated heterocycles. The van der Waals surface area contributed by atoms with Crippen LogP contribution in [0.1, 0.15) is 12.0 Å². The van der Waals surface area contributed by atoms with Crippen molar-refractivity contribution >= 4 is 17.3 Å². The number of para-hydroxylation sites is 1. The van der Waals surface area contributed by atoms with E-state index in [1.165, 1.54) is 0 Å². The molecule has 0 unspecified atom stereocenters. The third kappa shape index (κ3) is 5.93. The number of hydrogen-bond donors (Lipinski definition) is 2. The zero-order valence-corrected chi connectivity index (χ0v) is 14.3. The maximum absolute atomic E-state index is 12.1. The summed E-state index contributed by atoms with van der Waals surface area (Å²) in [5.74, 6) is 0.714. The normalized spacial score (nSPS) is 10.6. The molecule has 0 bridgehead atoms. The van der Waals surface area contributed by atoms with E-state index >= 15 is 0 Å². The van der Waals surface area contributed by atoms with Gasteiger partial charge in [0.25, 0.3) is 0 Å². The van der Waals surface area contributed by atoms with Crippen molar-refractivity contribution in [3.63, 3.8) is 0 Å². The summed E-state index contributed by atoms with van der Waals surface area (Å²) in [5, 5.41) is 2.90. The number of aryl methyl sites for hydroxylation is 1. The Hall–Kier alpha value is -2.53. The molecule has 0 aliphatic heterocycles. The first-order valence-corrected chi connectivity index (χ1v) is 8.05. The van der Waals surface area contributed by atoms with Crippen molar-refractivity contribution in [2.75, 3.05) is 38.3 Å². The predicted molar refractivity (Wildman–Crippen MR) is 98.3 cm³/mol. The van der Waals surface area contributed by atoms with Gasteiger partial charge in [0.2, 0.25) is 5.91 Å². The number of benzene rings is 2. The van der Waals surface area contributed by atoms with E-state index in [2.05, 4.69) is 10.2 Å². The van der Waals surface area contributed by atoms with Crippen LogP contribution in [-0.2, 0) is 11.2 Å². The van der Waals surface area contributed by atoms with Crippen LogP contribution in [0.4, 0.5) is 11.4 Å². The van der Waals surface area contributed by atoms with Gasteiger partial charge < -0.3 is 20.7 Å². The fourth-order valence-electron chi connectivity index (χ4n) is 2.24. The Kier molecular flexibility index (Phi) is 6.63. The Morgan fingerprint density at radius 3 is 2.71 bits per heavy atom. The Morgan fingerprint density at radius 2 is 1.96 bits per heavy atom. The molecule has 0 aromatic heterocycles. The van der Waals surface area contributed by atoms with Gasteiger partial charge in [0.1, 0.15) is 12.4 Å². The summed E-state index contributed by atoms with van der Waals surface area (Å²) in [5.41, 5.74) is 8.35. The number of ether oxygens (including phenoxy) is 1. The molecule has 0 radical (unpaired) electrons. The highest BCUT2D eigenvalue weighted by Gasteiger charge is 2.06. The molecular formula is C19H25N3O2. The van der Waals surface area contributed by atoms with E-state index in [0.29, 0.717) is 19.4 Å². The molecule has 24 heavy (non-hydrogen) atoms. The summed E-state index contributed by atoms with van der Waals surface area (Å²) in [7, 11) is 4.00. The molecule has 5 nitrogen and oxygen atoms in total. The van der Waals surface area contributed by atoms with Crippen LogP contribution in [0.2, 0.25) is 0 Å². The second kappa shape index (κ2) is 8.93. The van der Waals surface area contributed by atoms with Gasteiger partial charge in [-0.15, -0.1) is 0 Å². The van der Waals surface area contributed by atoms with Crippen LogP contribution >= 0.6 is 0 Å². The van der Waals surface area contributed by atoms with Gasteiger partial charge in [-0.25, -0.2) is 0 Å². The first-order chi connectivity index (χ1) is 11.5. The van der Waals surface area contributed by atoms with E-state index in [1.807, 2.05) is 62.6 Å². The lowest BCUT2D eigenvalue weighted by Gasteiger charge is -2.12. The number of rotatable bonds is 8. The van der Waals surface area contributed by atoms with Crippen LogP contribution in [0.3, 0.4) is 0 Å². The highest BCUT2D eigenvalue weighted by Crippen LogP contribution is 2.18. The Morgan fingerprint density at radius 1 is 1.17 bits per heavy atom. The van der Waals surface area contributed by atoms with Crippen molar-refractivity contribution in [1.29, 1.82) is 0 Å². The van der Waals surface area contributed by atoms with E-state index in [-0.39, 0.29) is 5.91 Å². The first-order valence-electron chi connectivity index (χ1n) is 8.05. The monoisotopic (exact) mass is 327 g/mol. The lowest BCUT2D eigenvalue weighted by molar-refractivity contribution is -0.116. The van der Waals surface area contributed by atoms with Gasteiger partial charge in [0, 0.05) is 30.4 Å². The van der Waals surface area contributed by atoms with E-state index in [9.17, 15) is 4.79 Å². The second-order valence-electron chi connectivity index (χ2n) is 5.93. The third-order valence-corrected chi connectivity index (χ3v) is 3.60. The van der Waals surface area contributed by atoms with Crippen molar-refractivity contribution in [3.8, 4) is 5.75 Å². The molecule has 0 fully saturated rings. The van der Waals surface area contributed by atoms with Crippen molar-refractivity contribution in [1.82, 2.24) is 4.90 Å². The molecule has 2 aromatic carbocycles. The van der Waals surface area contributed by atoms with Gasteiger partial charge in [-0.1, -0.05) is 24.3 Å². The van der Waals surface area contributed by atoms with Crippen LogP contribution in [0, 0.1) is 0 Å². The minimum atomic E-state index is -0.0382. The average Bonchev–Trinajstić information content (AvgIpc) is 2.54. The van der Waals surface area contributed by atoms with Gasteiger partial charge >= 0.3 is 0 Å². The molecule has 2 aromatic rings. The SMILES string of the molecule is CN(C)CCOc1cccc(NC(=O)CCc2ccccc2N)c1. The second-order valence-corrected chi connectivity index (χ2v) is 5.93. The average molecular weight is 327 g/mol. The fraction of sp³-hybridized carbons (Fsp3) is 0.316. The van der Waals surface area contributed by atoms with Crippen LogP contribution in [0.5, 0.6) is 5.75 Å². The molecule has 0 aliphatic carbocycles. The highest BCUT2D eigenvalue weighted by molar-refractivity contribution is 5.91. The summed E-state index contributed by atoms with van der Waals surface area (Å²) in [6.07, 6.45) is 1.01. The quantitative estimate of drug-likeness (QED) is 0.732. The van der Waals surface area contributed by atoms with Gasteiger partial charge in [-0.2, -0.15) is 0 Å². The summed E-state index contributed by atoms with van der Waals surface area (Å²) in [6, 6.07) is 15.1. The number of nitrogens with two attached hydrogens (primary N) is 1. The topological polar surface area (TPSA) is 67.6 Å². The molecule has 1 amide bonds. The number of nitrogens with zero attached hydrogens (tertiary/aromatic N) is 1. The molecule has 128 valence electrons. The Bertz CT molecular complexity index is 671. The van der Waals surface area contributed by atoms with E-state index in [4.69, 9.17) is 10.5 Å².